The Morgan fingerprint density at radius 3 is 2.70 bits per heavy atom. The molecule has 1 aromatic rings. The number of carbonyl (C=O) groups excluding carboxylic acids is 1. The van der Waals surface area contributed by atoms with Gasteiger partial charge in [-0.1, -0.05) is 19.4 Å². The number of carbonyl (C=O) groups is 1. The summed E-state index contributed by atoms with van der Waals surface area (Å²) in [5.74, 6) is -0.780. The number of hydrogen-bond donors (Lipinski definition) is 1. The number of amides is 1. The Bertz CT molecular complexity index is 534. The fourth-order valence-electron chi connectivity index (χ4n) is 2.22. The zero-order valence-corrected chi connectivity index (χ0v) is 13.2. The topological polar surface area (TPSA) is 66.5 Å². The van der Waals surface area contributed by atoms with E-state index in [0.29, 0.717) is 19.5 Å². The van der Waals surface area contributed by atoms with Crippen molar-refractivity contribution < 1.29 is 13.2 Å². The summed E-state index contributed by atoms with van der Waals surface area (Å²) in [7, 11) is -3.67. The Morgan fingerprint density at radius 1 is 1.40 bits per heavy atom. The monoisotopic (exact) mass is 316 g/mol. The van der Waals surface area contributed by atoms with Crippen LogP contribution in [0.25, 0.3) is 0 Å². The van der Waals surface area contributed by atoms with Gasteiger partial charge in [-0.05, 0) is 30.7 Å². The predicted molar refractivity (Wildman–Crippen MR) is 79.7 cm³/mol. The highest BCUT2D eigenvalue weighted by Gasteiger charge is 2.27. The molecule has 1 N–H and O–H groups in total. The van der Waals surface area contributed by atoms with Crippen LogP contribution in [0.5, 0.6) is 0 Å². The maximum absolute atomic E-state index is 12.1. The van der Waals surface area contributed by atoms with Crippen molar-refractivity contribution in [1.82, 2.24) is 9.03 Å². The molecule has 2 heterocycles. The van der Waals surface area contributed by atoms with Gasteiger partial charge in [-0.3, -0.25) is 4.79 Å². The first-order valence-corrected chi connectivity index (χ1v) is 9.15. The van der Waals surface area contributed by atoms with Gasteiger partial charge in [-0.2, -0.15) is 12.7 Å². The van der Waals surface area contributed by atoms with Gasteiger partial charge < -0.3 is 0 Å². The second kappa shape index (κ2) is 6.69. The molecule has 0 radical (unpaired) electrons. The molecule has 1 fully saturated rings. The number of thiophene rings is 1. The van der Waals surface area contributed by atoms with E-state index in [-0.39, 0.29) is 5.92 Å². The first-order valence-electron chi connectivity index (χ1n) is 6.83. The molecule has 0 bridgehead atoms. The summed E-state index contributed by atoms with van der Waals surface area (Å²) in [5, 5.41) is 1.95. The highest BCUT2D eigenvalue weighted by Crippen LogP contribution is 2.16. The lowest BCUT2D eigenvalue weighted by Gasteiger charge is -2.26. The van der Waals surface area contributed by atoms with Crippen LogP contribution < -0.4 is 4.72 Å². The second-order valence-electron chi connectivity index (χ2n) is 5.12. The molecular formula is C13H20N2O3S2. The average molecular weight is 316 g/mol. The Balaban J connectivity index is 1.92. The van der Waals surface area contributed by atoms with Crippen molar-refractivity contribution >= 4 is 27.5 Å². The van der Waals surface area contributed by atoms with Crippen molar-refractivity contribution in [1.29, 1.82) is 0 Å². The minimum atomic E-state index is -3.67. The minimum Gasteiger partial charge on any atom is -0.274 e. The molecule has 0 aromatic carbocycles. The van der Waals surface area contributed by atoms with Crippen molar-refractivity contribution in [3.05, 3.63) is 22.4 Å². The highest BCUT2D eigenvalue weighted by molar-refractivity contribution is 7.87. The Morgan fingerprint density at radius 2 is 2.10 bits per heavy atom. The van der Waals surface area contributed by atoms with E-state index in [4.69, 9.17) is 0 Å². The molecular weight excluding hydrogens is 296 g/mol. The molecule has 1 aromatic heterocycles. The third-order valence-electron chi connectivity index (χ3n) is 3.42. The summed E-state index contributed by atoms with van der Waals surface area (Å²) in [6, 6.07) is 3.88. The van der Waals surface area contributed by atoms with E-state index < -0.39 is 16.1 Å². The Hall–Kier alpha value is -0.920. The van der Waals surface area contributed by atoms with Crippen molar-refractivity contribution in [2.45, 2.75) is 32.6 Å². The molecule has 1 unspecified atom stereocenters. The van der Waals surface area contributed by atoms with Crippen LogP contribution in [-0.2, 0) is 21.4 Å². The molecule has 1 saturated heterocycles. The summed E-state index contributed by atoms with van der Waals surface area (Å²) in [4.78, 5) is 13.1. The van der Waals surface area contributed by atoms with E-state index >= 15 is 0 Å². The van der Waals surface area contributed by atoms with Crippen LogP contribution >= 0.6 is 11.3 Å². The van der Waals surface area contributed by atoms with Crippen LogP contribution in [0.1, 0.15) is 31.1 Å². The Kier molecular flexibility index (Phi) is 5.17. The molecule has 1 aliphatic rings. The first kappa shape index (κ1) is 15.5. The third kappa shape index (κ3) is 4.04. The fraction of sp³-hybridized carbons (Fsp3) is 0.615. The lowest BCUT2D eigenvalue weighted by molar-refractivity contribution is -0.122. The zero-order chi connectivity index (χ0) is 14.6. The van der Waals surface area contributed by atoms with Crippen molar-refractivity contribution in [3.8, 4) is 0 Å². The van der Waals surface area contributed by atoms with Gasteiger partial charge in [-0.15, -0.1) is 11.3 Å². The van der Waals surface area contributed by atoms with Crippen LogP contribution in [0.2, 0.25) is 0 Å². The number of nitrogens with one attached hydrogen (secondary N) is 1. The van der Waals surface area contributed by atoms with Gasteiger partial charge >= 0.3 is 10.2 Å². The van der Waals surface area contributed by atoms with Gasteiger partial charge in [0.1, 0.15) is 0 Å². The minimum absolute atomic E-state index is 0.354. The zero-order valence-electron chi connectivity index (χ0n) is 11.5. The van der Waals surface area contributed by atoms with Gasteiger partial charge in [0.15, 0.2) is 0 Å². The van der Waals surface area contributed by atoms with Crippen LogP contribution in [-0.4, -0.2) is 31.7 Å². The lowest BCUT2D eigenvalue weighted by Crippen LogP contribution is -2.47. The Labute approximate surface area is 124 Å². The summed E-state index contributed by atoms with van der Waals surface area (Å²) in [6.07, 6.45) is 3.34. The molecule has 1 amide bonds. The van der Waals surface area contributed by atoms with E-state index in [0.717, 1.165) is 24.1 Å². The average Bonchev–Trinajstić information content (AvgIpc) is 2.92. The van der Waals surface area contributed by atoms with E-state index in [1.54, 1.807) is 18.3 Å². The highest BCUT2D eigenvalue weighted by atomic mass is 32.2. The molecule has 5 nitrogen and oxygen atoms in total. The normalized spacial score (nSPS) is 18.6. The van der Waals surface area contributed by atoms with E-state index in [1.165, 1.54) is 4.31 Å². The van der Waals surface area contributed by atoms with Gasteiger partial charge in [0.05, 0.1) is 0 Å². The summed E-state index contributed by atoms with van der Waals surface area (Å²) < 4.78 is 27.8. The number of nitrogens with zero attached hydrogens (tertiary/aromatic N) is 1. The lowest BCUT2D eigenvalue weighted by atomic mass is 10.1. The summed E-state index contributed by atoms with van der Waals surface area (Å²) in [6.45, 7) is 2.75. The molecule has 20 heavy (non-hydrogen) atoms. The summed E-state index contributed by atoms with van der Waals surface area (Å²) >= 11 is 1.57. The van der Waals surface area contributed by atoms with Gasteiger partial charge in [0.25, 0.3) is 0 Å². The quantitative estimate of drug-likeness (QED) is 0.900. The molecule has 0 spiro atoms. The van der Waals surface area contributed by atoms with E-state index in [1.807, 2.05) is 17.5 Å². The molecule has 2 rings (SSSR count). The SMILES string of the molecule is CC(Cc1cccs1)C(=O)NS(=O)(=O)N1CCCCC1. The van der Waals surface area contributed by atoms with Gasteiger partial charge in [0.2, 0.25) is 5.91 Å². The number of hydrogen-bond acceptors (Lipinski definition) is 4. The third-order valence-corrected chi connectivity index (χ3v) is 5.82. The predicted octanol–water partition coefficient (Wildman–Crippen LogP) is 1.77. The number of piperidine rings is 1. The molecule has 1 aliphatic heterocycles. The molecule has 0 aliphatic carbocycles. The van der Waals surface area contributed by atoms with Crippen LogP contribution in [0.15, 0.2) is 17.5 Å². The molecule has 0 saturated carbocycles. The summed E-state index contributed by atoms with van der Waals surface area (Å²) in [5.41, 5.74) is 0. The smallest absolute Gasteiger partial charge is 0.274 e. The fourth-order valence-corrected chi connectivity index (χ4v) is 4.38. The molecule has 7 heteroatoms. The number of rotatable bonds is 5. The standard InChI is InChI=1S/C13H20N2O3S2/c1-11(10-12-6-5-9-19-12)13(16)14-20(17,18)15-7-3-2-4-8-15/h5-6,9,11H,2-4,7-8,10H2,1H3,(H,14,16). The van der Waals surface area contributed by atoms with E-state index in [9.17, 15) is 13.2 Å². The van der Waals surface area contributed by atoms with Crippen molar-refractivity contribution in [2.75, 3.05) is 13.1 Å². The van der Waals surface area contributed by atoms with Crippen molar-refractivity contribution in [3.63, 3.8) is 0 Å². The first-order chi connectivity index (χ1) is 9.49. The van der Waals surface area contributed by atoms with Gasteiger partial charge in [0, 0.05) is 23.9 Å². The maximum atomic E-state index is 12.1. The maximum Gasteiger partial charge on any atom is 0.303 e. The van der Waals surface area contributed by atoms with Gasteiger partial charge in [-0.25, -0.2) is 4.72 Å². The second-order valence-corrected chi connectivity index (χ2v) is 7.82. The largest absolute Gasteiger partial charge is 0.303 e. The molecule has 1 atom stereocenters. The van der Waals surface area contributed by atoms with Crippen LogP contribution in [0.4, 0.5) is 0 Å². The van der Waals surface area contributed by atoms with E-state index in [2.05, 4.69) is 4.72 Å². The van der Waals surface area contributed by atoms with Crippen LogP contribution in [0.3, 0.4) is 0 Å². The van der Waals surface area contributed by atoms with Crippen LogP contribution in [0, 0.1) is 5.92 Å². The molecule has 112 valence electrons. The van der Waals surface area contributed by atoms with Crippen molar-refractivity contribution in [2.24, 2.45) is 5.92 Å².